The van der Waals surface area contributed by atoms with Crippen LogP contribution in [0.4, 0.5) is 0 Å². The van der Waals surface area contributed by atoms with E-state index in [2.05, 4.69) is 10.2 Å². The summed E-state index contributed by atoms with van der Waals surface area (Å²) in [4.78, 5) is 0. The second-order valence-electron chi connectivity index (χ2n) is 6.81. The van der Waals surface area contributed by atoms with Crippen LogP contribution in [0.3, 0.4) is 0 Å². The first-order valence-corrected chi connectivity index (χ1v) is 9.97. The standard InChI is InChI=1S/C15H27N5O2S/c1-18-12-16-17-15(18)13-7-6-10-20(11-13)23(21,22)19(2)14-8-4-3-5-9-14/h12-14H,3-11H2,1-2H3/t13-/m1/s1. The highest BCUT2D eigenvalue weighted by atomic mass is 32.2. The van der Waals surface area contributed by atoms with Gasteiger partial charge in [0.15, 0.2) is 0 Å². The molecule has 0 amide bonds. The van der Waals surface area contributed by atoms with Gasteiger partial charge in [0, 0.05) is 39.1 Å². The highest BCUT2D eigenvalue weighted by Gasteiger charge is 2.36. The van der Waals surface area contributed by atoms with Gasteiger partial charge >= 0.3 is 0 Å². The van der Waals surface area contributed by atoms with Crippen LogP contribution in [0, 0.1) is 0 Å². The number of nitrogens with zero attached hydrogens (tertiary/aromatic N) is 5. The van der Waals surface area contributed by atoms with E-state index in [1.807, 2.05) is 11.6 Å². The normalized spacial score (nSPS) is 25.1. The van der Waals surface area contributed by atoms with Gasteiger partial charge in [-0.1, -0.05) is 19.3 Å². The first kappa shape index (κ1) is 16.9. The number of aromatic nitrogens is 3. The van der Waals surface area contributed by atoms with Crippen LogP contribution in [0.25, 0.3) is 0 Å². The summed E-state index contributed by atoms with van der Waals surface area (Å²) in [6.07, 6.45) is 8.96. The topological polar surface area (TPSA) is 71.3 Å². The highest BCUT2D eigenvalue weighted by Crippen LogP contribution is 2.30. The summed E-state index contributed by atoms with van der Waals surface area (Å²) in [6, 6.07) is 0.156. The third-order valence-electron chi connectivity index (χ3n) is 5.27. The fourth-order valence-electron chi connectivity index (χ4n) is 3.84. The summed E-state index contributed by atoms with van der Waals surface area (Å²) >= 11 is 0. The van der Waals surface area contributed by atoms with Crippen molar-refractivity contribution in [2.24, 2.45) is 7.05 Å². The minimum absolute atomic E-state index is 0.130. The first-order chi connectivity index (χ1) is 11.0. The Morgan fingerprint density at radius 1 is 1.17 bits per heavy atom. The molecule has 1 aromatic rings. The molecule has 1 saturated heterocycles. The molecule has 1 aliphatic carbocycles. The van der Waals surface area contributed by atoms with Gasteiger partial charge in [-0.3, -0.25) is 0 Å². The molecule has 0 radical (unpaired) electrons. The van der Waals surface area contributed by atoms with Crippen molar-refractivity contribution in [1.82, 2.24) is 23.4 Å². The van der Waals surface area contributed by atoms with Crippen LogP contribution >= 0.6 is 0 Å². The van der Waals surface area contributed by atoms with E-state index in [0.717, 1.165) is 44.3 Å². The fourth-order valence-corrected chi connectivity index (χ4v) is 5.52. The van der Waals surface area contributed by atoms with Crippen LogP contribution in [0.15, 0.2) is 6.33 Å². The van der Waals surface area contributed by atoms with E-state index in [1.165, 1.54) is 6.42 Å². The molecule has 1 saturated carbocycles. The molecular formula is C15H27N5O2S. The van der Waals surface area contributed by atoms with Gasteiger partial charge in [-0.05, 0) is 25.7 Å². The van der Waals surface area contributed by atoms with Gasteiger partial charge in [0.25, 0.3) is 10.2 Å². The third kappa shape index (κ3) is 3.44. The summed E-state index contributed by atoms with van der Waals surface area (Å²) in [7, 11) is 0.272. The Morgan fingerprint density at radius 2 is 1.91 bits per heavy atom. The van der Waals surface area contributed by atoms with Gasteiger partial charge in [-0.2, -0.15) is 17.0 Å². The maximum absolute atomic E-state index is 13.0. The minimum Gasteiger partial charge on any atom is -0.320 e. The van der Waals surface area contributed by atoms with Crippen LogP contribution in [0.5, 0.6) is 0 Å². The zero-order chi connectivity index (χ0) is 16.4. The lowest BCUT2D eigenvalue weighted by molar-refractivity contribution is 0.242. The first-order valence-electron chi connectivity index (χ1n) is 8.57. The molecule has 0 aromatic carbocycles. The molecule has 8 heteroatoms. The van der Waals surface area contributed by atoms with E-state index in [-0.39, 0.29) is 12.0 Å². The Bertz CT molecular complexity index is 624. The zero-order valence-corrected chi connectivity index (χ0v) is 14.9. The van der Waals surface area contributed by atoms with E-state index < -0.39 is 10.2 Å². The van der Waals surface area contributed by atoms with E-state index in [4.69, 9.17) is 0 Å². The summed E-state index contributed by atoms with van der Waals surface area (Å²) < 4.78 is 31.1. The molecule has 2 heterocycles. The maximum atomic E-state index is 13.0. The minimum atomic E-state index is -3.39. The van der Waals surface area contributed by atoms with E-state index >= 15 is 0 Å². The quantitative estimate of drug-likeness (QED) is 0.832. The van der Waals surface area contributed by atoms with Gasteiger partial charge in [-0.15, -0.1) is 10.2 Å². The van der Waals surface area contributed by atoms with E-state index in [0.29, 0.717) is 13.1 Å². The number of rotatable bonds is 4. The average molecular weight is 341 g/mol. The van der Waals surface area contributed by atoms with E-state index in [1.54, 1.807) is 22.0 Å². The summed E-state index contributed by atoms with van der Waals surface area (Å²) in [5.41, 5.74) is 0. The Morgan fingerprint density at radius 3 is 2.57 bits per heavy atom. The SMILES string of the molecule is CN(C1CCCCC1)S(=O)(=O)N1CCC[C@@H](c2nncn2C)C1. The molecule has 7 nitrogen and oxygen atoms in total. The lowest BCUT2D eigenvalue weighted by atomic mass is 9.96. The van der Waals surface area contributed by atoms with Gasteiger partial charge in [0.1, 0.15) is 12.2 Å². The van der Waals surface area contributed by atoms with Crippen LogP contribution < -0.4 is 0 Å². The van der Waals surface area contributed by atoms with Crippen LogP contribution in [-0.2, 0) is 17.3 Å². The molecule has 0 N–H and O–H groups in total. The fraction of sp³-hybridized carbons (Fsp3) is 0.867. The van der Waals surface area contributed by atoms with Crippen molar-refractivity contribution in [1.29, 1.82) is 0 Å². The Kier molecular flexibility index (Phi) is 5.03. The summed E-state index contributed by atoms with van der Waals surface area (Å²) in [5.74, 6) is 1.01. The molecule has 2 aliphatic rings. The molecule has 0 spiro atoms. The van der Waals surface area contributed by atoms with Crippen LogP contribution in [-0.4, -0.2) is 58.0 Å². The average Bonchev–Trinajstić information content (AvgIpc) is 3.01. The molecule has 2 fully saturated rings. The van der Waals surface area contributed by atoms with Crippen molar-refractivity contribution in [3.63, 3.8) is 0 Å². The number of piperidine rings is 1. The number of aryl methyl sites for hydroxylation is 1. The number of hydrogen-bond donors (Lipinski definition) is 0. The summed E-state index contributed by atoms with van der Waals surface area (Å²) in [5, 5.41) is 8.10. The highest BCUT2D eigenvalue weighted by molar-refractivity contribution is 7.86. The predicted octanol–water partition coefficient (Wildman–Crippen LogP) is 1.50. The van der Waals surface area contributed by atoms with Crippen molar-refractivity contribution in [3.8, 4) is 0 Å². The Labute approximate surface area is 138 Å². The lowest BCUT2D eigenvalue weighted by Gasteiger charge is -2.37. The van der Waals surface area contributed by atoms with Crippen molar-refractivity contribution < 1.29 is 8.42 Å². The molecule has 0 unspecified atom stereocenters. The van der Waals surface area contributed by atoms with Crippen LogP contribution in [0.2, 0.25) is 0 Å². The molecule has 3 rings (SSSR count). The Balaban J connectivity index is 1.73. The molecular weight excluding hydrogens is 314 g/mol. The molecule has 130 valence electrons. The molecule has 23 heavy (non-hydrogen) atoms. The third-order valence-corrected chi connectivity index (χ3v) is 7.29. The van der Waals surface area contributed by atoms with Crippen LogP contribution in [0.1, 0.15) is 56.7 Å². The zero-order valence-electron chi connectivity index (χ0n) is 14.1. The maximum Gasteiger partial charge on any atom is 0.281 e. The Hall–Kier alpha value is -0.990. The second-order valence-corrected chi connectivity index (χ2v) is 8.80. The molecule has 0 bridgehead atoms. The van der Waals surface area contributed by atoms with E-state index in [9.17, 15) is 8.42 Å². The van der Waals surface area contributed by atoms with Gasteiger partial charge in [0.05, 0.1) is 0 Å². The second kappa shape index (κ2) is 6.86. The summed E-state index contributed by atoms with van der Waals surface area (Å²) in [6.45, 7) is 1.11. The molecule has 1 atom stereocenters. The predicted molar refractivity (Wildman–Crippen MR) is 88.1 cm³/mol. The van der Waals surface area contributed by atoms with Crippen molar-refractivity contribution in [2.75, 3.05) is 20.1 Å². The van der Waals surface area contributed by atoms with Gasteiger partial charge in [-0.25, -0.2) is 0 Å². The van der Waals surface area contributed by atoms with Gasteiger partial charge in [0.2, 0.25) is 0 Å². The van der Waals surface area contributed by atoms with Crippen molar-refractivity contribution in [2.45, 2.75) is 56.9 Å². The lowest BCUT2D eigenvalue weighted by Crippen LogP contribution is -2.50. The molecule has 1 aliphatic heterocycles. The smallest absolute Gasteiger partial charge is 0.281 e. The monoisotopic (exact) mass is 341 g/mol. The van der Waals surface area contributed by atoms with Gasteiger partial charge < -0.3 is 4.57 Å². The number of hydrogen-bond acceptors (Lipinski definition) is 4. The van der Waals surface area contributed by atoms with Crippen molar-refractivity contribution in [3.05, 3.63) is 12.2 Å². The molecule has 1 aromatic heterocycles. The largest absolute Gasteiger partial charge is 0.320 e. The van der Waals surface area contributed by atoms with Crippen molar-refractivity contribution >= 4 is 10.2 Å².